The highest BCUT2D eigenvalue weighted by molar-refractivity contribution is 8.00. The maximum atomic E-state index is 13.2. The number of benzene rings is 2. The first-order valence-corrected chi connectivity index (χ1v) is 11.4. The molecule has 0 bridgehead atoms. The second-order valence-corrected chi connectivity index (χ2v) is 9.13. The van der Waals surface area contributed by atoms with E-state index in [0.29, 0.717) is 21.4 Å². The molecule has 4 rings (SSSR count). The molecule has 0 aliphatic carbocycles. The van der Waals surface area contributed by atoms with Crippen LogP contribution in [0.15, 0.2) is 58.8 Å². The summed E-state index contributed by atoms with van der Waals surface area (Å²) in [7, 11) is 0. The fraction of sp³-hybridized carbons (Fsp3) is 0.150. The lowest BCUT2D eigenvalue weighted by Crippen LogP contribution is -2.07. The first-order valence-electron chi connectivity index (χ1n) is 8.82. The minimum Gasteiger partial charge on any atom is -0.391 e. The molecule has 5 nitrogen and oxygen atoms in total. The number of thioether (sulfide) groups is 1. The molecule has 2 aromatic heterocycles. The highest BCUT2D eigenvalue weighted by atomic mass is 35.5. The van der Waals surface area contributed by atoms with E-state index in [1.807, 2.05) is 31.2 Å². The lowest BCUT2D eigenvalue weighted by atomic mass is 10.2. The second-order valence-electron chi connectivity index (χ2n) is 6.26. The van der Waals surface area contributed by atoms with Gasteiger partial charge in [0.25, 0.3) is 0 Å². The average Bonchev–Trinajstić information content (AvgIpc) is 3.30. The van der Waals surface area contributed by atoms with Crippen LogP contribution in [0.4, 0.5) is 4.39 Å². The number of halogens is 3. The number of nitrogens with zero attached hydrogens (tertiary/aromatic N) is 4. The highest BCUT2D eigenvalue weighted by Crippen LogP contribution is 2.27. The summed E-state index contributed by atoms with van der Waals surface area (Å²) in [5.74, 6) is 0.181. The third-order valence-corrected chi connectivity index (χ3v) is 7.04. The van der Waals surface area contributed by atoms with Crippen LogP contribution in [0.25, 0.3) is 4.96 Å². The van der Waals surface area contributed by atoms with Crippen molar-refractivity contribution in [2.24, 2.45) is 5.16 Å². The predicted octanol–water partition coefficient (Wildman–Crippen LogP) is 6.26. The summed E-state index contributed by atoms with van der Waals surface area (Å²) in [5.41, 5.74) is 2.35. The standard InChI is InChI=1S/C20H15Cl2FN4OS2/c1-12-19(30-20-24-11-25-27(12)20)18(10-29-16-6-3-14(21)4-7-16)26-28-9-13-2-5-15(23)8-17(13)22/h2-8,11H,9-10H2,1H3/b26-18+. The van der Waals surface area contributed by atoms with Crippen LogP contribution in [-0.2, 0) is 11.4 Å². The molecule has 0 radical (unpaired) electrons. The Morgan fingerprint density at radius 1 is 1.23 bits per heavy atom. The molecule has 30 heavy (non-hydrogen) atoms. The third kappa shape index (κ3) is 4.78. The molecule has 0 spiro atoms. The Bertz CT molecular complexity index is 1210. The number of aromatic nitrogens is 3. The molecule has 4 aromatic rings. The van der Waals surface area contributed by atoms with Crippen molar-refractivity contribution in [3.63, 3.8) is 0 Å². The van der Waals surface area contributed by atoms with Crippen LogP contribution in [0, 0.1) is 12.7 Å². The molecule has 0 unspecified atom stereocenters. The Hall–Kier alpha value is -2.13. The Morgan fingerprint density at radius 2 is 2.03 bits per heavy atom. The molecule has 0 aliphatic rings. The summed E-state index contributed by atoms with van der Waals surface area (Å²) >= 11 is 15.2. The molecule has 0 saturated heterocycles. The van der Waals surface area contributed by atoms with E-state index in [9.17, 15) is 4.39 Å². The van der Waals surface area contributed by atoms with Gasteiger partial charge in [-0.3, -0.25) is 0 Å². The van der Waals surface area contributed by atoms with Crippen molar-refractivity contribution in [1.29, 1.82) is 0 Å². The SMILES string of the molecule is Cc1c(/C(CSc2ccc(Cl)cc2)=N/OCc2ccc(F)cc2Cl)sc2ncnn12. The number of aryl methyl sites for hydroxylation is 1. The number of hydrogen-bond acceptors (Lipinski definition) is 6. The van der Waals surface area contributed by atoms with E-state index in [1.54, 1.807) is 22.3 Å². The van der Waals surface area contributed by atoms with Crippen LogP contribution in [0.1, 0.15) is 16.1 Å². The summed E-state index contributed by atoms with van der Waals surface area (Å²) in [6, 6.07) is 11.8. The third-order valence-electron chi connectivity index (χ3n) is 4.22. The first kappa shape index (κ1) is 21.1. The van der Waals surface area contributed by atoms with E-state index in [0.717, 1.165) is 26.1 Å². The number of rotatable bonds is 7. The summed E-state index contributed by atoms with van der Waals surface area (Å²) in [5, 5.41) is 9.61. The summed E-state index contributed by atoms with van der Waals surface area (Å²) in [4.78, 5) is 12.6. The first-order chi connectivity index (χ1) is 14.5. The van der Waals surface area contributed by atoms with E-state index in [2.05, 4.69) is 15.2 Å². The van der Waals surface area contributed by atoms with Gasteiger partial charge in [-0.1, -0.05) is 45.8 Å². The fourth-order valence-corrected chi connectivity index (χ4v) is 4.98. The Balaban J connectivity index is 1.57. The molecule has 2 heterocycles. The van der Waals surface area contributed by atoms with Crippen molar-refractivity contribution < 1.29 is 9.23 Å². The highest BCUT2D eigenvalue weighted by Gasteiger charge is 2.17. The maximum Gasteiger partial charge on any atom is 0.212 e. The van der Waals surface area contributed by atoms with Gasteiger partial charge in [-0.15, -0.1) is 11.8 Å². The molecule has 0 amide bonds. The molecule has 2 aromatic carbocycles. The Morgan fingerprint density at radius 3 is 2.77 bits per heavy atom. The quantitative estimate of drug-likeness (QED) is 0.178. The largest absolute Gasteiger partial charge is 0.391 e. The number of oxime groups is 1. The van der Waals surface area contributed by atoms with E-state index in [1.165, 1.54) is 29.8 Å². The molecule has 0 aliphatic heterocycles. The van der Waals surface area contributed by atoms with Gasteiger partial charge in [-0.2, -0.15) is 5.10 Å². The van der Waals surface area contributed by atoms with E-state index in [-0.39, 0.29) is 6.61 Å². The fourth-order valence-electron chi connectivity index (χ4n) is 2.69. The Kier molecular flexibility index (Phi) is 6.58. The monoisotopic (exact) mass is 480 g/mol. The van der Waals surface area contributed by atoms with Crippen LogP contribution < -0.4 is 0 Å². The van der Waals surface area contributed by atoms with Gasteiger partial charge in [0.1, 0.15) is 24.5 Å². The zero-order valence-electron chi connectivity index (χ0n) is 15.7. The van der Waals surface area contributed by atoms with Gasteiger partial charge in [0, 0.05) is 21.2 Å². The number of thiazole rings is 1. The van der Waals surface area contributed by atoms with Crippen LogP contribution in [0.5, 0.6) is 0 Å². The van der Waals surface area contributed by atoms with Crippen molar-refractivity contribution in [1.82, 2.24) is 14.6 Å². The minimum absolute atomic E-state index is 0.133. The van der Waals surface area contributed by atoms with Crippen molar-refractivity contribution in [2.75, 3.05) is 5.75 Å². The lowest BCUT2D eigenvalue weighted by molar-refractivity contribution is 0.130. The van der Waals surface area contributed by atoms with Crippen LogP contribution in [-0.4, -0.2) is 26.1 Å². The second kappa shape index (κ2) is 9.34. The zero-order valence-corrected chi connectivity index (χ0v) is 18.8. The van der Waals surface area contributed by atoms with Crippen molar-refractivity contribution in [3.8, 4) is 0 Å². The van der Waals surface area contributed by atoms with E-state index < -0.39 is 5.82 Å². The van der Waals surface area contributed by atoms with Crippen LogP contribution in [0.3, 0.4) is 0 Å². The lowest BCUT2D eigenvalue weighted by Gasteiger charge is -2.08. The minimum atomic E-state index is -0.391. The van der Waals surface area contributed by atoms with Crippen molar-refractivity contribution in [3.05, 3.63) is 80.8 Å². The molecule has 0 N–H and O–H groups in total. The molecule has 10 heteroatoms. The molecule has 0 atom stereocenters. The Labute approximate surface area is 190 Å². The maximum absolute atomic E-state index is 13.2. The molecule has 0 fully saturated rings. The van der Waals surface area contributed by atoms with Gasteiger partial charge in [0.2, 0.25) is 4.96 Å². The molecular weight excluding hydrogens is 466 g/mol. The average molecular weight is 481 g/mol. The van der Waals surface area contributed by atoms with Gasteiger partial charge in [0.15, 0.2) is 0 Å². The van der Waals surface area contributed by atoms with Gasteiger partial charge in [0.05, 0.1) is 15.6 Å². The summed E-state index contributed by atoms with van der Waals surface area (Å²) in [6.07, 6.45) is 1.52. The van der Waals surface area contributed by atoms with Crippen LogP contribution >= 0.6 is 46.3 Å². The van der Waals surface area contributed by atoms with E-state index >= 15 is 0 Å². The number of hydrogen-bond donors (Lipinski definition) is 0. The molecule has 0 saturated carbocycles. The topological polar surface area (TPSA) is 51.8 Å². The summed E-state index contributed by atoms with van der Waals surface area (Å²) < 4.78 is 15.0. The number of fused-ring (bicyclic) bond motifs is 1. The van der Waals surface area contributed by atoms with Gasteiger partial charge in [-0.25, -0.2) is 13.9 Å². The smallest absolute Gasteiger partial charge is 0.212 e. The normalized spacial score (nSPS) is 11.9. The van der Waals surface area contributed by atoms with E-state index in [4.69, 9.17) is 28.0 Å². The van der Waals surface area contributed by atoms with Crippen molar-refractivity contribution >= 4 is 57.0 Å². The zero-order chi connectivity index (χ0) is 21.1. The van der Waals surface area contributed by atoms with Gasteiger partial charge < -0.3 is 4.84 Å². The molecule has 154 valence electrons. The van der Waals surface area contributed by atoms with Crippen LogP contribution in [0.2, 0.25) is 10.0 Å². The van der Waals surface area contributed by atoms with Gasteiger partial charge >= 0.3 is 0 Å². The van der Waals surface area contributed by atoms with Crippen molar-refractivity contribution in [2.45, 2.75) is 18.4 Å². The summed E-state index contributed by atoms with van der Waals surface area (Å²) in [6.45, 7) is 2.10. The van der Waals surface area contributed by atoms with Gasteiger partial charge in [-0.05, 0) is 43.3 Å². The predicted molar refractivity (Wildman–Crippen MR) is 121 cm³/mol. The molecular formula is C20H15Cl2FN4OS2.